The molecule has 0 unspecified atom stereocenters. The number of nitrogens with zero attached hydrogens (tertiary/aromatic N) is 7. The monoisotopic (exact) mass is 296 g/mol. The summed E-state index contributed by atoms with van der Waals surface area (Å²) >= 11 is 0. The lowest BCUT2D eigenvalue weighted by Gasteiger charge is -2.40. The van der Waals surface area contributed by atoms with Gasteiger partial charge in [-0.15, -0.1) is 15.3 Å². The zero-order chi connectivity index (χ0) is 14.9. The lowest BCUT2D eigenvalue weighted by atomic mass is 10.0. The lowest BCUT2D eigenvalue weighted by molar-refractivity contribution is 0.424. The summed E-state index contributed by atoms with van der Waals surface area (Å²) in [6, 6.07) is 3.92. The molecule has 1 saturated heterocycles. The van der Waals surface area contributed by atoms with Crippen LogP contribution in [0.1, 0.15) is 5.69 Å². The van der Waals surface area contributed by atoms with E-state index in [9.17, 15) is 0 Å². The first-order valence-corrected chi connectivity index (χ1v) is 7.22. The van der Waals surface area contributed by atoms with Crippen LogP contribution in [-0.4, -0.2) is 49.4 Å². The highest BCUT2D eigenvalue weighted by atomic mass is 15.4. The van der Waals surface area contributed by atoms with E-state index in [1.807, 2.05) is 19.1 Å². The van der Waals surface area contributed by atoms with Gasteiger partial charge in [0.2, 0.25) is 0 Å². The Morgan fingerprint density at radius 2 is 2.18 bits per heavy atom. The first kappa shape index (κ1) is 12.9. The first-order chi connectivity index (χ1) is 10.8. The van der Waals surface area contributed by atoms with E-state index in [1.165, 1.54) is 0 Å². The number of aromatic nitrogens is 6. The third-order valence-corrected chi connectivity index (χ3v) is 3.76. The maximum Gasteiger partial charge on any atom is 0.177 e. The second-order valence-electron chi connectivity index (χ2n) is 5.52. The Labute approximate surface area is 127 Å². The lowest BCUT2D eigenvalue weighted by Crippen LogP contribution is -2.50. The molecule has 0 bridgehead atoms. The fourth-order valence-electron chi connectivity index (χ4n) is 2.57. The molecule has 4 heterocycles. The first-order valence-electron chi connectivity index (χ1n) is 7.22. The minimum atomic E-state index is 0.584. The van der Waals surface area contributed by atoms with Crippen LogP contribution in [0.2, 0.25) is 0 Å². The van der Waals surface area contributed by atoms with Gasteiger partial charge in [-0.05, 0) is 19.1 Å². The van der Waals surface area contributed by atoms with Crippen LogP contribution >= 0.6 is 0 Å². The fourth-order valence-corrected chi connectivity index (χ4v) is 2.57. The largest absolute Gasteiger partial charge is 0.368 e. The number of nitrogens with one attached hydrogen (secondary N) is 1. The molecule has 1 aliphatic rings. The molecule has 3 aromatic rings. The van der Waals surface area contributed by atoms with Crippen molar-refractivity contribution in [3.63, 3.8) is 0 Å². The molecule has 1 aliphatic heterocycles. The summed E-state index contributed by atoms with van der Waals surface area (Å²) in [5.74, 6) is 2.38. The molecule has 0 aliphatic carbocycles. The molecule has 1 N–H and O–H groups in total. The predicted octanol–water partition coefficient (Wildman–Crippen LogP) is 0.771. The molecule has 8 heteroatoms. The zero-order valence-electron chi connectivity index (χ0n) is 12.2. The number of aryl methyl sites for hydroxylation is 1. The Morgan fingerprint density at radius 3 is 3.05 bits per heavy atom. The van der Waals surface area contributed by atoms with Crippen LogP contribution in [0, 0.1) is 12.8 Å². The molecule has 8 nitrogen and oxygen atoms in total. The quantitative estimate of drug-likeness (QED) is 0.761. The Balaban J connectivity index is 1.33. The molecular formula is C14H16N8. The summed E-state index contributed by atoms with van der Waals surface area (Å²) in [6.07, 6.45) is 5.13. The van der Waals surface area contributed by atoms with Gasteiger partial charge in [0.05, 0.1) is 11.9 Å². The molecule has 0 spiro atoms. The van der Waals surface area contributed by atoms with E-state index in [2.05, 4.69) is 35.5 Å². The van der Waals surface area contributed by atoms with E-state index in [1.54, 1.807) is 23.2 Å². The second kappa shape index (κ2) is 5.21. The van der Waals surface area contributed by atoms with E-state index < -0.39 is 0 Å². The average molecular weight is 296 g/mol. The molecule has 3 aromatic heterocycles. The van der Waals surface area contributed by atoms with Crippen molar-refractivity contribution in [2.45, 2.75) is 6.92 Å². The summed E-state index contributed by atoms with van der Waals surface area (Å²) in [5.41, 5.74) is 1.69. The van der Waals surface area contributed by atoms with Gasteiger partial charge >= 0.3 is 0 Å². The Hall–Kier alpha value is -2.77. The third-order valence-electron chi connectivity index (χ3n) is 3.76. The van der Waals surface area contributed by atoms with Crippen LogP contribution in [0.5, 0.6) is 0 Å². The van der Waals surface area contributed by atoms with Gasteiger partial charge in [0.25, 0.3) is 0 Å². The molecule has 0 saturated carbocycles. The topological polar surface area (TPSA) is 84.1 Å². The molecule has 1 fully saturated rings. The van der Waals surface area contributed by atoms with Gasteiger partial charge in [-0.2, -0.15) is 4.52 Å². The van der Waals surface area contributed by atoms with Crippen molar-refractivity contribution in [2.75, 3.05) is 29.9 Å². The highest BCUT2D eigenvalue weighted by Gasteiger charge is 2.27. The SMILES string of the molecule is Cc1cncc(NCC2CN(c3ccc4nncn4n3)C2)n1. The second-order valence-corrected chi connectivity index (χ2v) is 5.52. The molecule has 0 amide bonds. The molecule has 0 aromatic carbocycles. The molecule has 0 atom stereocenters. The summed E-state index contributed by atoms with van der Waals surface area (Å²) in [4.78, 5) is 10.8. The number of rotatable bonds is 4. The van der Waals surface area contributed by atoms with Crippen LogP contribution in [0.25, 0.3) is 5.65 Å². The van der Waals surface area contributed by atoms with Crippen molar-refractivity contribution in [2.24, 2.45) is 5.92 Å². The number of hydrogen-bond acceptors (Lipinski definition) is 7. The van der Waals surface area contributed by atoms with E-state index in [4.69, 9.17) is 0 Å². The van der Waals surface area contributed by atoms with Crippen molar-refractivity contribution in [3.05, 3.63) is 36.5 Å². The van der Waals surface area contributed by atoms with E-state index >= 15 is 0 Å². The summed E-state index contributed by atoms with van der Waals surface area (Å²) in [6.45, 7) is 4.79. The van der Waals surface area contributed by atoms with Crippen LogP contribution in [0.3, 0.4) is 0 Å². The third kappa shape index (κ3) is 2.43. The zero-order valence-corrected chi connectivity index (χ0v) is 12.2. The number of hydrogen-bond donors (Lipinski definition) is 1. The molecular weight excluding hydrogens is 280 g/mol. The summed E-state index contributed by atoms with van der Waals surface area (Å²) in [7, 11) is 0. The minimum Gasteiger partial charge on any atom is -0.368 e. The summed E-state index contributed by atoms with van der Waals surface area (Å²) in [5, 5.41) is 15.6. The van der Waals surface area contributed by atoms with Gasteiger partial charge in [0, 0.05) is 31.7 Å². The Kier molecular flexibility index (Phi) is 3.06. The summed E-state index contributed by atoms with van der Waals surface area (Å²) < 4.78 is 1.70. The highest BCUT2D eigenvalue weighted by Crippen LogP contribution is 2.22. The average Bonchev–Trinajstić information content (AvgIpc) is 2.93. The Morgan fingerprint density at radius 1 is 1.27 bits per heavy atom. The van der Waals surface area contributed by atoms with Crippen molar-refractivity contribution < 1.29 is 0 Å². The van der Waals surface area contributed by atoms with E-state index in [0.717, 1.165) is 42.6 Å². The van der Waals surface area contributed by atoms with Gasteiger partial charge in [0.1, 0.15) is 18.0 Å². The van der Waals surface area contributed by atoms with Crippen LogP contribution in [0.15, 0.2) is 30.9 Å². The van der Waals surface area contributed by atoms with Crippen molar-refractivity contribution in [1.29, 1.82) is 0 Å². The van der Waals surface area contributed by atoms with Gasteiger partial charge in [-0.1, -0.05) is 0 Å². The smallest absolute Gasteiger partial charge is 0.177 e. The standard InChI is InChI=1S/C14H16N8/c1-10-4-15-6-12(18-10)16-5-11-7-21(8-11)14-3-2-13-19-17-9-22(13)20-14/h2-4,6,9,11H,5,7-8H2,1H3,(H,16,18). The maximum atomic E-state index is 4.50. The molecule has 22 heavy (non-hydrogen) atoms. The molecule has 0 radical (unpaired) electrons. The van der Waals surface area contributed by atoms with Gasteiger partial charge in [-0.3, -0.25) is 4.98 Å². The molecule has 112 valence electrons. The van der Waals surface area contributed by atoms with E-state index in [0.29, 0.717) is 5.92 Å². The Bertz CT molecular complexity index is 792. The van der Waals surface area contributed by atoms with Gasteiger partial charge in [-0.25, -0.2) is 4.98 Å². The fraction of sp³-hybridized carbons (Fsp3) is 0.357. The van der Waals surface area contributed by atoms with E-state index in [-0.39, 0.29) is 0 Å². The van der Waals surface area contributed by atoms with Crippen molar-refractivity contribution >= 4 is 17.3 Å². The van der Waals surface area contributed by atoms with Crippen LogP contribution < -0.4 is 10.2 Å². The van der Waals surface area contributed by atoms with Gasteiger partial charge in [0.15, 0.2) is 5.65 Å². The number of anilines is 2. The van der Waals surface area contributed by atoms with Gasteiger partial charge < -0.3 is 10.2 Å². The molecule has 4 rings (SSSR count). The van der Waals surface area contributed by atoms with Crippen LogP contribution in [-0.2, 0) is 0 Å². The normalized spacial score (nSPS) is 15.0. The number of fused-ring (bicyclic) bond motifs is 1. The van der Waals surface area contributed by atoms with Crippen molar-refractivity contribution in [3.8, 4) is 0 Å². The highest BCUT2D eigenvalue weighted by molar-refractivity contribution is 5.47. The van der Waals surface area contributed by atoms with Crippen molar-refractivity contribution in [1.82, 2.24) is 29.8 Å². The van der Waals surface area contributed by atoms with Crippen LogP contribution in [0.4, 0.5) is 11.6 Å². The minimum absolute atomic E-state index is 0.584. The maximum absolute atomic E-state index is 4.50. The predicted molar refractivity (Wildman–Crippen MR) is 81.7 cm³/mol.